The Bertz CT molecular complexity index is 1660. The summed E-state index contributed by atoms with van der Waals surface area (Å²) in [4.78, 5) is 15.0. The number of hydrogen-bond acceptors (Lipinski definition) is 7. The van der Waals surface area contributed by atoms with Gasteiger partial charge in [0.2, 0.25) is 0 Å². The molecule has 11 nitrogen and oxygen atoms in total. The number of carbonyl (C=O) groups excluding carboxylic acids is 1. The second kappa shape index (κ2) is 10.6. The minimum Gasteiger partial charge on any atom is -0.509 e. The summed E-state index contributed by atoms with van der Waals surface area (Å²) in [6, 6.07) is 9.34. The van der Waals surface area contributed by atoms with E-state index in [2.05, 4.69) is 14.4 Å². The van der Waals surface area contributed by atoms with Gasteiger partial charge < -0.3 is 15.3 Å². The number of benzene rings is 2. The molecule has 2 aromatic carbocycles. The van der Waals surface area contributed by atoms with Crippen LogP contribution in [0.2, 0.25) is 0 Å². The van der Waals surface area contributed by atoms with Gasteiger partial charge in [0.25, 0.3) is 26.1 Å². The monoisotopic (exact) mass is 605 g/mol. The normalized spacial score (nSPS) is 21.4. The van der Waals surface area contributed by atoms with Gasteiger partial charge in [-0.15, -0.1) is 0 Å². The number of hydrogen-bond donors (Lipinski definition) is 3. The molecule has 0 radical (unpaired) electrons. The zero-order valence-corrected chi connectivity index (χ0v) is 24.5. The lowest BCUT2D eigenvalue weighted by Crippen LogP contribution is -2.50. The molecule has 5 rings (SSSR count). The molecular weight excluding hydrogens is 573 g/mol. The van der Waals surface area contributed by atoms with Crippen molar-refractivity contribution in [3.8, 4) is 0 Å². The van der Waals surface area contributed by atoms with E-state index in [1.165, 1.54) is 45.6 Å². The van der Waals surface area contributed by atoms with Crippen molar-refractivity contribution in [2.45, 2.75) is 44.8 Å². The minimum atomic E-state index is -4.32. The predicted molar refractivity (Wildman–Crippen MR) is 150 cm³/mol. The number of aliphatic hydroxyl groups excluding tert-OH is 1. The molecule has 0 aliphatic carbocycles. The van der Waals surface area contributed by atoms with Gasteiger partial charge in [-0.05, 0) is 28.7 Å². The summed E-state index contributed by atoms with van der Waals surface area (Å²) in [5.41, 5.74) is -0.162. The molecule has 3 aliphatic rings. The Kier molecular flexibility index (Phi) is 7.57. The van der Waals surface area contributed by atoms with Crippen LogP contribution >= 0.6 is 0 Å². The Morgan fingerprint density at radius 1 is 1.12 bits per heavy atom. The maximum atomic E-state index is 13.8. The van der Waals surface area contributed by atoms with Crippen LogP contribution < -0.4 is 10.0 Å². The van der Waals surface area contributed by atoms with Crippen molar-refractivity contribution < 1.29 is 31.1 Å². The molecule has 3 N–H and O–H groups in total. The van der Waals surface area contributed by atoms with Crippen LogP contribution in [0.1, 0.15) is 37.5 Å². The van der Waals surface area contributed by atoms with Crippen molar-refractivity contribution in [3.63, 3.8) is 0 Å². The Hall–Kier alpha value is -3.17. The number of fused-ring (bicyclic) bond motifs is 1. The Morgan fingerprint density at radius 3 is 2.41 bits per heavy atom. The average Bonchev–Trinajstić information content (AvgIpc) is 3.33. The second-order valence-corrected chi connectivity index (χ2v) is 14.6. The van der Waals surface area contributed by atoms with Crippen LogP contribution in [-0.4, -0.2) is 75.0 Å². The quantitative estimate of drug-likeness (QED) is 0.436. The Morgan fingerprint density at radius 2 is 1.78 bits per heavy atom. The van der Waals surface area contributed by atoms with Gasteiger partial charge in [-0.1, -0.05) is 51.1 Å². The highest BCUT2D eigenvalue weighted by Crippen LogP contribution is 2.41. The first-order valence-electron chi connectivity index (χ1n) is 13.1. The highest BCUT2D eigenvalue weighted by atomic mass is 32.2. The van der Waals surface area contributed by atoms with Gasteiger partial charge in [0.15, 0.2) is 0 Å². The van der Waals surface area contributed by atoms with Gasteiger partial charge in [0, 0.05) is 44.8 Å². The summed E-state index contributed by atoms with van der Waals surface area (Å²) in [6.07, 6.45) is 0. The number of aliphatic hydroxyl groups is 1. The van der Waals surface area contributed by atoms with E-state index in [-0.39, 0.29) is 59.2 Å². The van der Waals surface area contributed by atoms with E-state index >= 15 is 0 Å². The van der Waals surface area contributed by atoms with E-state index in [0.29, 0.717) is 18.7 Å². The third kappa shape index (κ3) is 5.54. The summed E-state index contributed by atoms with van der Waals surface area (Å²) >= 11 is 0. The second-order valence-electron chi connectivity index (χ2n) is 11.3. The number of amides is 1. The maximum absolute atomic E-state index is 13.8. The Labute approximate surface area is 239 Å². The maximum Gasteiger partial charge on any atom is 0.283 e. The van der Waals surface area contributed by atoms with Crippen LogP contribution in [0.3, 0.4) is 0 Å². The molecule has 1 atom stereocenters. The number of nitrogens with zero attached hydrogens (tertiary/aromatic N) is 3. The van der Waals surface area contributed by atoms with Crippen LogP contribution in [-0.2, 0) is 38.1 Å². The molecule has 0 spiro atoms. The SMILES string of the molecule is CC(C)(C)[C@H]1C(O)=C(C2=NS(=O)(=O)c3c(CNS(=O)(=O)N4CCNCC4)cccc32)C(=O)N1Cc1ccc(F)cc1. The van der Waals surface area contributed by atoms with E-state index in [1.807, 2.05) is 20.8 Å². The molecule has 14 heteroatoms. The van der Waals surface area contributed by atoms with E-state index in [4.69, 9.17) is 0 Å². The van der Waals surface area contributed by atoms with Gasteiger partial charge in [-0.25, -0.2) is 4.39 Å². The molecule has 0 unspecified atom stereocenters. The van der Waals surface area contributed by atoms with Crippen molar-refractivity contribution in [1.29, 1.82) is 0 Å². The lowest BCUT2D eigenvalue weighted by atomic mass is 9.84. The summed E-state index contributed by atoms with van der Waals surface area (Å²) in [5.74, 6) is -1.35. The van der Waals surface area contributed by atoms with Gasteiger partial charge in [0.1, 0.15) is 27.8 Å². The van der Waals surface area contributed by atoms with Crippen LogP contribution in [0, 0.1) is 11.2 Å². The van der Waals surface area contributed by atoms with Crippen LogP contribution in [0.15, 0.2) is 63.1 Å². The molecule has 0 saturated carbocycles. The topological polar surface area (TPSA) is 148 Å². The number of carbonyl (C=O) groups is 1. The van der Waals surface area contributed by atoms with Gasteiger partial charge >= 0.3 is 0 Å². The van der Waals surface area contributed by atoms with Crippen molar-refractivity contribution >= 4 is 31.9 Å². The number of piperazine rings is 1. The summed E-state index contributed by atoms with van der Waals surface area (Å²) in [7, 11) is -8.19. The zero-order chi connectivity index (χ0) is 29.7. The molecular formula is C27H32FN5O6S2. The van der Waals surface area contributed by atoms with E-state index in [1.54, 1.807) is 6.07 Å². The third-order valence-electron chi connectivity index (χ3n) is 7.31. The standard InChI is InChI=1S/C27H32FN5O6S2/c1-27(2,3)25-23(34)21(26(35)33(25)16-17-7-9-19(28)10-8-17)22-20-6-4-5-18(24(20)40(36,37)31-22)15-30-41(38,39)32-13-11-29-12-14-32/h4-10,25,29-30,34H,11-16H2,1-3H3/t25-/m1/s1. The molecule has 3 aliphatic heterocycles. The van der Waals surface area contributed by atoms with Crippen LogP contribution in [0.4, 0.5) is 4.39 Å². The summed E-state index contributed by atoms with van der Waals surface area (Å²) in [6.45, 7) is 6.84. The molecule has 1 fully saturated rings. The third-order valence-corrected chi connectivity index (χ3v) is 10.3. The largest absolute Gasteiger partial charge is 0.509 e. The lowest BCUT2D eigenvalue weighted by molar-refractivity contribution is -0.129. The van der Waals surface area contributed by atoms with E-state index in [9.17, 15) is 31.1 Å². The smallest absolute Gasteiger partial charge is 0.283 e. The van der Waals surface area contributed by atoms with Crippen LogP contribution in [0.5, 0.6) is 0 Å². The fourth-order valence-corrected chi connectivity index (χ4v) is 8.08. The highest BCUT2D eigenvalue weighted by Gasteiger charge is 2.49. The summed E-state index contributed by atoms with van der Waals surface area (Å²) in [5, 5.41) is 14.5. The molecule has 1 saturated heterocycles. The van der Waals surface area contributed by atoms with Crippen molar-refractivity contribution in [3.05, 3.63) is 76.3 Å². The fourth-order valence-electron chi connectivity index (χ4n) is 5.46. The van der Waals surface area contributed by atoms with Crippen molar-refractivity contribution in [2.24, 2.45) is 9.81 Å². The fraction of sp³-hybridized carbons (Fsp3) is 0.407. The number of nitrogens with one attached hydrogen (secondary N) is 2. The number of halogens is 1. The van der Waals surface area contributed by atoms with Crippen molar-refractivity contribution in [1.82, 2.24) is 19.2 Å². The first-order chi connectivity index (χ1) is 19.2. The first kappa shape index (κ1) is 29.3. The van der Waals surface area contributed by atoms with Gasteiger partial charge in [0.05, 0.1) is 6.04 Å². The van der Waals surface area contributed by atoms with Crippen LogP contribution in [0.25, 0.3) is 0 Å². The molecule has 2 aromatic rings. The van der Waals surface area contributed by atoms with Gasteiger partial charge in [-0.3, -0.25) is 4.79 Å². The molecule has 3 heterocycles. The first-order valence-corrected chi connectivity index (χ1v) is 16.0. The number of rotatable bonds is 7. The average molecular weight is 606 g/mol. The molecule has 220 valence electrons. The molecule has 0 aromatic heterocycles. The summed E-state index contributed by atoms with van der Waals surface area (Å²) < 4.78 is 73.4. The lowest BCUT2D eigenvalue weighted by Gasteiger charge is -2.35. The number of sulfonamides is 1. The highest BCUT2D eigenvalue weighted by molar-refractivity contribution is 7.91. The van der Waals surface area contributed by atoms with Crippen molar-refractivity contribution in [2.75, 3.05) is 26.2 Å². The molecule has 41 heavy (non-hydrogen) atoms. The van der Waals surface area contributed by atoms with E-state index in [0.717, 1.165) is 0 Å². The zero-order valence-electron chi connectivity index (χ0n) is 22.9. The minimum absolute atomic E-state index is 0.0509. The predicted octanol–water partition coefficient (Wildman–Crippen LogP) is 1.83. The molecule has 1 amide bonds. The molecule has 0 bridgehead atoms. The Balaban J connectivity index is 1.50. The van der Waals surface area contributed by atoms with Gasteiger partial charge in [-0.2, -0.15) is 30.3 Å². The van der Waals surface area contributed by atoms with E-state index < -0.39 is 43.4 Å².